The molecular formula is C34H68N2. The molecule has 0 aliphatic carbocycles. The van der Waals surface area contributed by atoms with Crippen molar-refractivity contribution >= 4 is 0 Å². The maximum Gasteiger partial charge on any atom is 0.101 e. The molecular weight excluding hydrogens is 436 g/mol. The predicted molar refractivity (Wildman–Crippen MR) is 163 cm³/mol. The smallest absolute Gasteiger partial charge is 0.101 e. The second-order valence-corrected chi connectivity index (χ2v) is 11.8. The summed E-state index contributed by atoms with van der Waals surface area (Å²) in [5.74, 6) is 0. The van der Waals surface area contributed by atoms with Gasteiger partial charge in [-0.25, -0.2) is 0 Å². The Bertz CT molecular complexity index is 460. The average molecular weight is 505 g/mol. The highest BCUT2D eigenvalue weighted by atomic mass is 15.4. The minimum absolute atomic E-state index is 0.635. The van der Waals surface area contributed by atoms with Crippen LogP contribution in [0, 0.1) is 0 Å². The molecule has 36 heavy (non-hydrogen) atoms. The SMILES string of the molecule is CCCCCCCCCCCCCCCCCCCN1C=CN(CCCCCCCCC)C1CCC. The summed E-state index contributed by atoms with van der Waals surface area (Å²) in [6.45, 7) is 9.47. The van der Waals surface area contributed by atoms with Gasteiger partial charge >= 0.3 is 0 Å². The van der Waals surface area contributed by atoms with Gasteiger partial charge in [-0.3, -0.25) is 0 Å². The molecule has 0 saturated heterocycles. The molecule has 0 fully saturated rings. The third kappa shape index (κ3) is 18.6. The molecule has 0 aromatic heterocycles. The maximum absolute atomic E-state index is 2.65. The molecule has 0 spiro atoms. The molecule has 0 amide bonds. The van der Waals surface area contributed by atoms with E-state index in [9.17, 15) is 0 Å². The van der Waals surface area contributed by atoms with Crippen LogP contribution in [0.4, 0.5) is 0 Å². The van der Waals surface area contributed by atoms with Crippen LogP contribution in [0.15, 0.2) is 12.4 Å². The largest absolute Gasteiger partial charge is 0.356 e. The van der Waals surface area contributed by atoms with Crippen molar-refractivity contribution in [1.82, 2.24) is 9.80 Å². The molecule has 2 heteroatoms. The highest BCUT2D eigenvalue weighted by Gasteiger charge is 2.24. The number of rotatable bonds is 28. The van der Waals surface area contributed by atoms with Crippen LogP contribution >= 0.6 is 0 Å². The van der Waals surface area contributed by atoms with E-state index in [0.29, 0.717) is 6.17 Å². The van der Waals surface area contributed by atoms with Crippen molar-refractivity contribution < 1.29 is 0 Å². The lowest BCUT2D eigenvalue weighted by Crippen LogP contribution is -2.39. The van der Waals surface area contributed by atoms with E-state index in [1.165, 1.54) is 180 Å². The molecule has 1 aliphatic rings. The summed E-state index contributed by atoms with van der Waals surface area (Å²) in [5.41, 5.74) is 0. The summed E-state index contributed by atoms with van der Waals surface area (Å²) in [4.78, 5) is 5.29. The van der Waals surface area contributed by atoms with Crippen LogP contribution in [0.25, 0.3) is 0 Å². The van der Waals surface area contributed by atoms with Crippen molar-refractivity contribution in [3.63, 3.8) is 0 Å². The lowest BCUT2D eigenvalue weighted by molar-refractivity contribution is 0.138. The Kier molecular flexibility index (Phi) is 24.1. The van der Waals surface area contributed by atoms with Crippen LogP contribution in [0.3, 0.4) is 0 Å². The van der Waals surface area contributed by atoms with Gasteiger partial charge in [-0.1, -0.05) is 168 Å². The van der Waals surface area contributed by atoms with Gasteiger partial charge < -0.3 is 9.80 Å². The average Bonchev–Trinajstić information content (AvgIpc) is 3.26. The number of nitrogens with zero attached hydrogens (tertiary/aromatic N) is 2. The normalized spacial score (nSPS) is 15.5. The van der Waals surface area contributed by atoms with Gasteiger partial charge in [0.15, 0.2) is 0 Å². The zero-order valence-corrected chi connectivity index (χ0v) is 25.4. The first-order valence-electron chi connectivity index (χ1n) is 17.0. The Hall–Kier alpha value is -0.660. The van der Waals surface area contributed by atoms with Gasteiger partial charge in [0.1, 0.15) is 6.17 Å². The molecule has 2 nitrogen and oxygen atoms in total. The molecule has 0 saturated carbocycles. The van der Waals surface area contributed by atoms with Crippen molar-refractivity contribution in [3.05, 3.63) is 12.4 Å². The summed E-state index contributed by atoms with van der Waals surface area (Å²) >= 11 is 0. The van der Waals surface area contributed by atoms with Crippen LogP contribution in [0.5, 0.6) is 0 Å². The van der Waals surface area contributed by atoms with Gasteiger partial charge in [0.25, 0.3) is 0 Å². The van der Waals surface area contributed by atoms with Crippen molar-refractivity contribution in [3.8, 4) is 0 Å². The summed E-state index contributed by atoms with van der Waals surface area (Å²) in [7, 11) is 0. The lowest BCUT2D eigenvalue weighted by atomic mass is 10.0. The van der Waals surface area contributed by atoms with E-state index in [0.717, 1.165) is 0 Å². The van der Waals surface area contributed by atoms with Gasteiger partial charge in [0, 0.05) is 25.5 Å². The minimum Gasteiger partial charge on any atom is -0.356 e. The quantitative estimate of drug-likeness (QED) is 0.0977. The first kappa shape index (κ1) is 33.4. The van der Waals surface area contributed by atoms with Crippen LogP contribution in [-0.2, 0) is 0 Å². The van der Waals surface area contributed by atoms with Crippen molar-refractivity contribution in [1.29, 1.82) is 0 Å². The zero-order chi connectivity index (χ0) is 25.9. The molecule has 1 heterocycles. The van der Waals surface area contributed by atoms with E-state index < -0.39 is 0 Å². The van der Waals surface area contributed by atoms with Crippen molar-refractivity contribution in [2.24, 2.45) is 0 Å². The summed E-state index contributed by atoms with van der Waals surface area (Å²) in [6, 6.07) is 0. The van der Waals surface area contributed by atoms with Gasteiger partial charge in [0.05, 0.1) is 0 Å². The van der Waals surface area contributed by atoms with E-state index >= 15 is 0 Å². The predicted octanol–water partition coefficient (Wildman–Crippen LogP) is 11.6. The monoisotopic (exact) mass is 505 g/mol. The van der Waals surface area contributed by atoms with E-state index in [1.54, 1.807) is 0 Å². The molecule has 1 rings (SSSR count). The van der Waals surface area contributed by atoms with Gasteiger partial charge in [0.2, 0.25) is 0 Å². The Balaban J connectivity index is 1.93. The van der Waals surface area contributed by atoms with Gasteiger partial charge in [-0.2, -0.15) is 0 Å². The van der Waals surface area contributed by atoms with Crippen LogP contribution in [-0.4, -0.2) is 29.1 Å². The second kappa shape index (κ2) is 26.0. The molecule has 0 radical (unpaired) electrons. The standard InChI is InChI=1S/C34H68N2/c1-4-7-9-11-13-14-15-16-17-18-19-20-21-22-24-26-28-31-36-33-32-35(34(36)29-6-3)30-27-25-23-12-10-8-5-2/h32-34H,4-31H2,1-3H3. The Morgan fingerprint density at radius 2 is 0.639 bits per heavy atom. The fourth-order valence-corrected chi connectivity index (χ4v) is 5.87. The molecule has 1 aliphatic heterocycles. The molecule has 0 aromatic carbocycles. The maximum atomic E-state index is 2.65. The highest BCUT2D eigenvalue weighted by Crippen LogP contribution is 2.22. The summed E-state index contributed by atoms with van der Waals surface area (Å²) in [5, 5.41) is 0. The number of unbranched alkanes of at least 4 members (excludes halogenated alkanes) is 22. The third-order valence-corrected chi connectivity index (χ3v) is 8.30. The van der Waals surface area contributed by atoms with Crippen LogP contribution in [0.2, 0.25) is 0 Å². The van der Waals surface area contributed by atoms with E-state index in [-0.39, 0.29) is 0 Å². The lowest BCUT2D eigenvalue weighted by Gasteiger charge is -2.33. The van der Waals surface area contributed by atoms with Crippen LogP contribution < -0.4 is 0 Å². The summed E-state index contributed by atoms with van der Waals surface area (Å²) in [6.07, 6.45) is 42.6. The Labute approximate surface area is 229 Å². The second-order valence-electron chi connectivity index (χ2n) is 11.8. The molecule has 214 valence electrons. The van der Waals surface area contributed by atoms with Gasteiger partial charge in [-0.05, 0) is 19.3 Å². The fourth-order valence-electron chi connectivity index (χ4n) is 5.87. The van der Waals surface area contributed by atoms with E-state index in [1.807, 2.05) is 0 Å². The fraction of sp³-hybridized carbons (Fsp3) is 0.941. The van der Waals surface area contributed by atoms with Crippen molar-refractivity contribution in [2.75, 3.05) is 13.1 Å². The van der Waals surface area contributed by atoms with E-state index in [4.69, 9.17) is 0 Å². The summed E-state index contributed by atoms with van der Waals surface area (Å²) < 4.78 is 0. The first-order chi connectivity index (χ1) is 17.8. The van der Waals surface area contributed by atoms with Gasteiger partial charge in [-0.15, -0.1) is 0 Å². The first-order valence-corrected chi connectivity index (χ1v) is 17.0. The number of hydrogen-bond acceptors (Lipinski definition) is 2. The molecule has 0 N–H and O–H groups in total. The Morgan fingerprint density at radius 3 is 0.917 bits per heavy atom. The molecule has 1 unspecified atom stereocenters. The molecule has 0 aromatic rings. The molecule has 1 atom stereocenters. The molecule has 0 bridgehead atoms. The van der Waals surface area contributed by atoms with Crippen LogP contribution in [0.1, 0.15) is 188 Å². The minimum atomic E-state index is 0.635. The number of hydrogen-bond donors (Lipinski definition) is 0. The topological polar surface area (TPSA) is 6.48 Å². The van der Waals surface area contributed by atoms with Crippen molar-refractivity contribution in [2.45, 2.75) is 194 Å². The highest BCUT2D eigenvalue weighted by molar-refractivity contribution is 4.96. The van der Waals surface area contributed by atoms with E-state index in [2.05, 4.69) is 43.0 Å². The third-order valence-electron chi connectivity index (χ3n) is 8.30. The zero-order valence-electron chi connectivity index (χ0n) is 25.4. The Morgan fingerprint density at radius 1 is 0.361 bits per heavy atom.